The van der Waals surface area contributed by atoms with Gasteiger partial charge >= 0.3 is 0 Å². The van der Waals surface area contributed by atoms with E-state index in [2.05, 4.69) is 48.8 Å². The average molecular weight is 275 g/mol. The van der Waals surface area contributed by atoms with Crippen molar-refractivity contribution in [2.24, 2.45) is 0 Å². The van der Waals surface area contributed by atoms with Crippen LogP contribution in [0.15, 0.2) is 35.7 Å². The van der Waals surface area contributed by atoms with Gasteiger partial charge < -0.3 is 10.1 Å². The third kappa shape index (κ3) is 3.37. The van der Waals surface area contributed by atoms with Crippen molar-refractivity contribution in [1.82, 2.24) is 5.32 Å². The monoisotopic (exact) mass is 275 g/mol. The summed E-state index contributed by atoms with van der Waals surface area (Å²) < 4.78 is 5.46. The number of hydrogen-bond donors (Lipinski definition) is 1. The lowest BCUT2D eigenvalue weighted by Gasteiger charge is -2.19. The van der Waals surface area contributed by atoms with Gasteiger partial charge in [-0.25, -0.2) is 0 Å². The van der Waals surface area contributed by atoms with Crippen molar-refractivity contribution in [3.05, 3.63) is 51.7 Å². The van der Waals surface area contributed by atoms with Crippen molar-refractivity contribution in [1.29, 1.82) is 0 Å². The van der Waals surface area contributed by atoms with Crippen LogP contribution in [0.25, 0.3) is 0 Å². The molecule has 0 aliphatic rings. The van der Waals surface area contributed by atoms with Crippen molar-refractivity contribution < 1.29 is 4.74 Å². The van der Waals surface area contributed by atoms with Gasteiger partial charge in [-0.2, -0.15) is 0 Å². The summed E-state index contributed by atoms with van der Waals surface area (Å²) in [5.74, 6) is 0.971. The summed E-state index contributed by atoms with van der Waals surface area (Å²) in [6.45, 7) is 5.30. The van der Waals surface area contributed by atoms with Gasteiger partial charge in [-0.15, -0.1) is 11.3 Å². The van der Waals surface area contributed by atoms with Crippen LogP contribution in [0.3, 0.4) is 0 Å². The maximum Gasteiger partial charge on any atom is 0.134 e. The van der Waals surface area contributed by atoms with Gasteiger partial charge in [0, 0.05) is 0 Å². The van der Waals surface area contributed by atoms with Crippen LogP contribution < -0.4 is 10.1 Å². The number of thiophene rings is 1. The van der Waals surface area contributed by atoms with Gasteiger partial charge in [-0.1, -0.05) is 36.8 Å². The van der Waals surface area contributed by atoms with Gasteiger partial charge in [0.1, 0.15) is 5.75 Å². The minimum atomic E-state index is 0.218. The van der Waals surface area contributed by atoms with E-state index in [9.17, 15) is 0 Å². The summed E-state index contributed by atoms with van der Waals surface area (Å²) in [4.78, 5) is 1.25. The summed E-state index contributed by atoms with van der Waals surface area (Å²) in [6, 6.07) is 11.0. The molecule has 1 aromatic carbocycles. The fourth-order valence-corrected chi connectivity index (χ4v) is 3.06. The van der Waals surface area contributed by atoms with Crippen molar-refractivity contribution >= 4 is 11.3 Å². The zero-order chi connectivity index (χ0) is 13.7. The molecule has 0 radical (unpaired) electrons. The largest absolute Gasteiger partial charge is 0.496 e. The predicted octanol–water partition coefficient (Wildman–Crippen LogP) is 4.15. The van der Waals surface area contributed by atoms with E-state index in [0.29, 0.717) is 0 Å². The lowest BCUT2D eigenvalue weighted by Crippen LogP contribution is -2.22. The van der Waals surface area contributed by atoms with E-state index in [1.165, 1.54) is 16.0 Å². The maximum atomic E-state index is 5.46. The van der Waals surface area contributed by atoms with E-state index in [1.807, 2.05) is 6.07 Å². The second kappa shape index (κ2) is 6.73. The molecule has 1 heterocycles. The number of benzene rings is 1. The molecule has 1 atom stereocenters. The molecule has 1 N–H and O–H groups in total. The third-order valence-corrected chi connectivity index (χ3v) is 4.11. The van der Waals surface area contributed by atoms with Crippen LogP contribution in [0.1, 0.15) is 35.4 Å². The number of hydrogen-bond acceptors (Lipinski definition) is 3. The van der Waals surface area contributed by atoms with Crippen molar-refractivity contribution in [3.8, 4) is 5.75 Å². The summed E-state index contributed by atoms with van der Waals surface area (Å²) in [5, 5.41) is 5.70. The van der Waals surface area contributed by atoms with Gasteiger partial charge in [-0.3, -0.25) is 0 Å². The molecule has 1 aromatic heterocycles. The Morgan fingerprint density at radius 2 is 1.95 bits per heavy atom. The Morgan fingerprint density at radius 1 is 1.21 bits per heavy atom. The van der Waals surface area contributed by atoms with Crippen LogP contribution in [0.5, 0.6) is 5.75 Å². The minimum absolute atomic E-state index is 0.218. The van der Waals surface area contributed by atoms with Crippen molar-refractivity contribution in [2.75, 3.05) is 13.7 Å². The summed E-state index contributed by atoms with van der Waals surface area (Å²) >= 11 is 1.74. The number of methoxy groups -OCH3 is 1. The van der Waals surface area contributed by atoms with E-state index in [1.54, 1.807) is 18.4 Å². The Bertz CT molecular complexity index is 504. The second-order valence-corrected chi connectivity index (χ2v) is 5.60. The molecule has 102 valence electrons. The second-order valence-electron chi connectivity index (χ2n) is 4.65. The molecule has 1 unspecified atom stereocenters. The fraction of sp³-hybridized carbons (Fsp3) is 0.375. The molecule has 19 heavy (non-hydrogen) atoms. The summed E-state index contributed by atoms with van der Waals surface area (Å²) in [6.07, 6.45) is 1.12. The highest BCUT2D eigenvalue weighted by molar-refractivity contribution is 7.10. The van der Waals surface area contributed by atoms with Crippen LogP contribution >= 0.6 is 11.3 Å². The minimum Gasteiger partial charge on any atom is -0.496 e. The Kier molecular flexibility index (Phi) is 5.00. The zero-order valence-corrected chi connectivity index (χ0v) is 12.6. The molecule has 0 saturated heterocycles. The number of rotatable bonds is 6. The van der Waals surface area contributed by atoms with Crippen molar-refractivity contribution in [3.63, 3.8) is 0 Å². The Labute approximate surface area is 119 Å². The quantitative estimate of drug-likeness (QED) is 0.855. The van der Waals surface area contributed by atoms with Crippen LogP contribution in [0.4, 0.5) is 0 Å². The van der Waals surface area contributed by atoms with Gasteiger partial charge in [0.25, 0.3) is 0 Å². The topological polar surface area (TPSA) is 21.3 Å². The number of aryl methyl sites for hydroxylation is 1. The zero-order valence-electron chi connectivity index (χ0n) is 11.8. The van der Waals surface area contributed by atoms with Crippen LogP contribution in [0, 0.1) is 6.92 Å². The first-order valence-corrected chi connectivity index (χ1v) is 7.55. The van der Waals surface area contributed by atoms with Crippen LogP contribution in [0.2, 0.25) is 0 Å². The molecule has 3 heteroatoms. The standard InChI is InChI=1S/C16H21NOS/c1-4-10-17-15(13-7-5-12(2)6-8-13)16-14(18-3)9-11-19-16/h5-9,11,15,17H,4,10H2,1-3H3. The molecule has 0 aliphatic carbocycles. The van der Waals surface area contributed by atoms with Crippen LogP contribution in [-0.4, -0.2) is 13.7 Å². The Morgan fingerprint density at radius 3 is 2.58 bits per heavy atom. The van der Waals surface area contributed by atoms with Gasteiger partial charge in [0.05, 0.1) is 18.0 Å². The van der Waals surface area contributed by atoms with E-state index in [4.69, 9.17) is 4.74 Å². The molecule has 0 fully saturated rings. The molecule has 2 aromatic rings. The van der Waals surface area contributed by atoms with Crippen LogP contribution in [-0.2, 0) is 0 Å². The fourth-order valence-electron chi connectivity index (χ4n) is 2.10. The van der Waals surface area contributed by atoms with Gasteiger partial charge in [0.2, 0.25) is 0 Å². The lowest BCUT2D eigenvalue weighted by atomic mass is 10.0. The summed E-state index contributed by atoms with van der Waals surface area (Å²) in [5.41, 5.74) is 2.58. The molecule has 2 rings (SSSR count). The van der Waals surface area contributed by atoms with Gasteiger partial charge in [-0.05, 0) is 36.9 Å². The Hall–Kier alpha value is -1.32. The highest BCUT2D eigenvalue weighted by Crippen LogP contribution is 2.34. The average Bonchev–Trinajstić information content (AvgIpc) is 2.89. The molecule has 0 amide bonds. The molecule has 2 nitrogen and oxygen atoms in total. The molecule has 0 aliphatic heterocycles. The SMILES string of the molecule is CCCNC(c1ccc(C)cc1)c1sccc1OC. The van der Waals surface area contributed by atoms with Gasteiger partial charge in [0.15, 0.2) is 0 Å². The highest BCUT2D eigenvalue weighted by atomic mass is 32.1. The first-order valence-electron chi connectivity index (χ1n) is 6.67. The Balaban J connectivity index is 2.32. The smallest absolute Gasteiger partial charge is 0.134 e. The third-order valence-electron chi connectivity index (χ3n) is 3.15. The number of ether oxygens (including phenoxy) is 1. The molecule has 0 spiro atoms. The molecule has 0 bridgehead atoms. The maximum absolute atomic E-state index is 5.46. The van der Waals surface area contributed by atoms with E-state index >= 15 is 0 Å². The first-order chi connectivity index (χ1) is 9.26. The molecular weight excluding hydrogens is 254 g/mol. The van der Waals surface area contributed by atoms with Crippen molar-refractivity contribution in [2.45, 2.75) is 26.3 Å². The first kappa shape index (κ1) is 14.1. The summed E-state index contributed by atoms with van der Waals surface area (Å²) in [7, 11) is 1.73. The predicted molar refractivity (Wildman–Crippen MR) is 82.2 cm³/mol. The van der Waals surface area contributed by atoms with E-state index in [-0.39, 0.29) is 6.04 Å². The van der Waals surface area contributed by atoms with E-state index in [0.717, 1.165) is 18.7 Å². The number of nitrogens with one attached hydrogen (secondary N) is 1. The normalized spacial score (nSPS) is 12.4. The molecule has 0 saturated carbocycles. The molecular formula is C16H21NOS. The van der Waals surface area contributed by atoms with E-state index < -0.39 is 0 Å². The lowest BCUT2D eigenvalue weighted by molar-refractivity contribution is 0.407. The highest BCUT2D eigenvalue weighted by Gasteiger charge is 2.18.